The number of hydrogen-bond acceptors (Lipinski definition) is 2. The summed E-state index contributed by atoms with van der Waals surface area (Å²) in [4.78, 5) is 24.5. The highest BCUT2D eigenvalue weighted by molar-refractivity contribution is 5.83. The number of rotatable bonds is 4. The van der Waals surface area contributed by atoms with Crippen molar-refractivity contribution < 1.29 is 9.59 Å². The molecular weight excluding hydrogens is 252 g/mol. The van der Waals surface area contributed by atoms with Crippen LogP contribution in [0.25, 0.3) is 0 Å². The molecule has 0 spiro atoms. The van der Waals surface area contributed by atoms with Crippen molar-refractivity contribution in [2.45, 2.75) is 26.2 Å². The van der Waals surface area contributed by atoms with Crippen LogP contribution >= 0.6 is 0 Å². The summed E-state index contributed by atoms with van der Waals surface area (Å²) in [6.07, 6.45) is 3.18. The lowest BCUT2D eigenvalue weighted by molar-refractivity contribution is -0.133. The Kier molecular flexibility index (Phi) is 5.16. The number of likely N-dealkylation sites (tertiary alicyclic amines) is 1. The Balaban J connectivity index is 1.75. The van der Waals surface area contributed by atoms with Gasteiger partial charge in [-0.15, -0.1) is 0 Å². The molecule has 0 saturated carbocycles. The maximum Gasteiger partial charge on any atom is 0.241 e. The normalized spacial score (nSPS) is 15.9. The number of amides is 2. The van der Waals surface area contributed by atoms with Gasteiger partial charge in [-0.2, -0.15) is 0 Å². The van der Waals surface area contributed by atoms with Gasteiger partial charge in [-0.3, -0.25) is 9.59 Å². The molecule has 0 radical (unpaired) electrons. The highest BCUT2D eigenvalue weighted by atomic mass is 16.2. The minimum Gasteiger partial charge on any atom is -0.347 e. The van der Waals surface area contributed by atoms with E-state index in [9.17, 15) is 9.59 Å². The first-order chi connectivity index (χ1) is 9.65. The van der Waals surface area contributed by atoms with E-state index in [1.807, 2.05) is 11.0 Å². The van der Waals surface area contributed by atoms with Crippen LogP contribution in [0.2, 0.25) is 0 Å². The minimum atomic E-state index is -0.155. The van der Waals surface area contributed by atoms with Crippen LogP contribution in [0.1, 0.15) is 25.3 Å². The van der Waals surface area contributed by atoms with Crippen molar-refractivity contribution in [1.29, 1.82) is 0 Å². The molecule has 4 nitrogen and oxygen atoms in total. The Hall–Kier alpha value is -1.84. The fourth-order valence-corrected chi connectivity index (χ4v) is 2.65. The summed E-state index contributed by atoms with van der Waals surface area (Å²) in [5, 5.41) is 2.56. The molecule has 108 valence electrons. The number of nitrogens with one attached hydrogen (secondary N) is 1. The van der Waals surface area contributed by atoms with Crippen LogP contribution in [0.15, 0.2) is 30.3 Å². The van der Waals surface area contributed by atoms with Gasteiger partial charge in [0.05, 0.1) is 6.54 Å². The van der Waals surface area contributed by atoms with Crippen molar-refractivity contribution in [3.8, 4) is 0 Å². The molecule has 20 heavy (non-hydrogen) atoms. The third kappa shape index (κ3) is 4.37. The van der Waals surface area contributed by atoms with Crippen LogP contribution in [-0.4, -0.2) is 36.3 Å². The predicted molar refractivity (Wildman–Crippen MR) is 78.1 cm³/mol. The van der Waals surface area contributed by atoms with Gasteiger partial charge in [0.1, 0.15) is 0 Å². The summed E-state index contributed by atoms with van der Waals surface area (Å²) in [7, 11) is 0. The molecule has 1 fully saturated rings. The largest absolute Gasteiger partial charge is 0.347 e. The number of benzene rings is 1. The van der Waals surface area contributed by atoms with Crippen LogP contribution in [-0.2, 0) is 16.0 Å². The van der Waals surface area contributed by atoms with E-state index in [4.69, 9.17) is 0 Å². The zero-order chi connectivity index (χ0) is 14.4. The van der Waals surface area contributed by atoms with Crippen molar-refractivity contribution >= 4 is 11.8 Å². The summed E-state index contributed by atoms with van der Waals surface area (Å²) in [6, 6.07) is 10.5. The first kappa shape index (κ1) is 14.6. The molecule has 2 amide bonds. The fourth-order valence-electron chi connectivity index (χ4n) is 2.65. The van der Waals surface area contributed by atoms with Gasteiger partial charge in [-0.25, -0.2) is 0 Å². The minimum absolute atomic E-state index is 0.0263. The topological polar surface area (TPSA) is 49.4 Å². The van der Waals surface area contributed by atoms with Crippen molar-refractivity contribution in [3.63, 3.8) is 0 Å². The molecule has 0 aliphatic carbocycles. The lowest BCUT2D eigenvalue weighted by Crippen LogP contribution is -2.44. The van der Waals surface area contributed by atoms with Gasteiger partial charge in [0.15, 0.2) is 0 Å². The van der Waals surface area contributed by atoms with Crippen molar-refractivity contribution in [2.75, 3.05) is 19.6 Å². The quantitative estimate of drug-likeness (QED) is 0.906. The van der Waals surface area contributed by atoms with E-state index in [0.29, 0.717) is 5.92 Å². The first-order valence-corrected chi connectivity index (χ1v) is 7.21. The fraction of sp³-hybridized carbons (Fsp3) is 0.500. The Morgan fingerprint density at radius 3 is 2.45 bits per heavy atom. The Morgan fingerprint density at radius 1 is 1.20 bits per heavy atom. The maximum absolute atomic E-state index is 11.9. The molecular formula is C16H22N2O2. The van der Waals surface area contributed by atoms with Crippen molar-refractivity contribution in [1.82, 2.24) is 10.2 Å². The standard InChI is InChI=1S/C16H22N2O2/c1-13(19)17-12-16(20)18-9-7-15(8-10-18)11-14-5-3-2-4-6-14/h2-6,15H,7-12H2,1H3,(H,17,19). The monoisotopic (exact) mass is 274 g/mol. The maximum atomic E-state index is 11.9. The lowest BCUT2D eigenvalue weighted by Gasteiger charge is -2.32. The second-order valence-electron chi connectivity index (χ2n) is 5.42. The van der Waals surface area contributed by atoms with Crippen LogP contribution in [0.3, 0.4) is 0 Å². The van der Waals surface area contributed by atoms with Crippen LogP contribution in [0.5, 0.6) is 0 Å². The molecule has 0 aromatic heterocycles. The molecule has 1 N–H and O–H groups in total. The number of carbonyl (C=O) groups excluding carboxylic acids is 2. The summed E-state index contributed by atoms with van der Waals surface area (Å²) < 4.78 is 0. The molecule has 4 heteroatoms. The Morgan fingerprint density at radius 2 is 1.85 bits per heavy atom. The lowest BCUT2D eigenvalue weighted by atomic mass is 9.90. The molecule has 1 aliphatic rings. The van der Waals surface area contributed by atoms with E-state index in [-0.39, 0.29) is 18.4 Å². The molecule has 1 heterocycles. The highest BCUT2D eigenvalue weighted by Gasteiger charge is 2.22. The number of piperidine rings is 1. The number of carbonyl (C=O) groups is 2. The highest BCUT2D eigenvalue weighted by Crippen LogP contribution is 2.21. The molecule has 1 aromatic carbocycles. The molecule has 0 atom stereocenters. The van der Waals surface area contributed by atoms with Crippen LogP contribution in [0, 0.1) is 5.92 Å². The Bertz CT molecular complexity index is 451. The third-order valence-electron chi connectivity index (χ3n) is 3.82. The Labute approximate surface area is 120 Å². The molecule has 2 rings (SSSR count). The molecule has 1 aliphatic heterocycles. The molecule has 0 unspecified atom stereocenters. The van der Waals surface area contributed by atoms with Gasteiger partial charge >= 0.3 is 0 Å². The second kappa shape index (κ2) is 7.08. The van der Waals surface area contributed by atoms with Crippen molar-refractivity contribution in [3.05, 3.63) is 35.9 Å². The van der Waals surface area contributed by atoms with E-state index in [0.717, 1.165) is 32.4 Å². The summed E-state index contributed by atoms with van der Waals surface area (Å²) in [5.41, 5.74) is 1.37. The summed E-state index contributed by atoms with van der Waals surface area (Å²) in [6.45, 7) is 3.16. The van der Waals surface area contributed by atoms with Gasteiger partial charge in [-0.1, -0.05) is 30.3 Å². The number of nitrogens with zero attached hydrogens (tertiary/aromatic N) is 1. The summed E-state index contributed by atoms with van der Waals surface area (Å²) in [5.74, 6) is 0.526. The average molecular weight is 274 g/mol. The predicted octanol–water partition coefficient (Wildman–Crippen LogP) is 1.60. The van der Waals surface area contributed by atoms with Crippen LogP contribution < -0.4 is 5.32 Å². The van der Waals surface area contributed by atoms with E-state index in [2.05, 4.69) is 29.6 Å². The SMILES string of the molecule is CC(=O)NCC(=O)N1CCC(Cc2ccccc2)CC1. The van der Waals surface area contributed by atoms with Crippen LogP contribution in [0.4, 0.5) is 0 Å². The van der Waals surface area contributed by atoms with Gasteiger partial charge < -0.3 is 10.2 Å². The van der Waals surface area contributed by atoms with Gasteiger partial charge in [-0.05, 0) is 30.7 Å². The average Bonchev–Trinajstić information content (AvgIpc) is 2.46. The van der Waals surface area contributed by atoms with Crippen molar-refractivity contribution in [2.24, 2.45) is 5.92 Å². The smallest absolute Gasteiger partial charge is 0.241 e. The summed E-state index contributed by atoms with van der Waals surface area (Å²) >= 11 is 0. The van der Waals surface area contributed by atoms with E-state index < -0.39 is 0 Å². The van der Waals surface area contributed by atoms with E-state index >= 15 is 0 Å². The molecule has 0 bridgehead atoms. The zero-order valence-electron chi connectivity index (χ0n) is 12.0. The molecule has 1 saturated heterocycles. The molecule has 1 aromatic rings. The first-order valence-electron chi connectivity index (χ1n) is 7.21. The van der Waals surface area contributed by atoms with Gasteiger partial charge in [0.2, 0.25) is 11.8 Å². The third-order valence-corrected chi connectivity index (χ3v) is 3.82. The number of hydrogen-bond donors (Lipinski definition) is 1. The second-order valence-corrected chi connectivity index (χ2v) is 5.42. The van der Waals surface area contributed by atoms with E-state index in [1.165, 1.54) is 12.5 Å². The van der Waals surface area contributed by atoms with Gasteiger partial charge in [0.25, 0.3) is 0 Å². The zero-order valence-corrected chi connectivity index (χ0v) is 12.0. The van der Waals surface area contributed by atoms with Gasteiger partial charge in [0, 0.05) is 20.0 Å². The van der Waals surface area contributed by atoms with E-state index in [1.54, 1.807) is 0 Å².